The van der Waals surface area contributed by atoms with Crippen LogP contribution < -0.4 is 10.1 Å². The topological polar surface area (TPSA) is 112 Å². The summed E-state index contributed by atoms with van der Waals surface area (Å²) in [5.74, 6) is 0.501. The maximum absolute atomic E-state index is 12.2. The summed E-state index contributed by atoms with van der Waals surface area (Å²) in [5, 5.41) is 13.4. The fourth-order valence-electron chi connectivity index (χ4n) is 2.78. The van der Waals surface area contributed by atoms with Crippen molar-refractivity contribution in [2.75, 3.05) is 25.1 Å². The van der Waals surface area contributed by atoms with Crippen LogP contribution in [-0.2, 0) is 9.47 Å². The lowest BCUT2D eigenvalue weighted by molar-refractivity contribution is -0.106. The molecule has 2 atom stereocenters. The highest BCUT2D eigenvalue weighted by Crippen LogP contribution is 2.23. The van der Waals surface area contributed by atoms with E-state index in [1.807, 2.05) is 6.92 Å². The number of halogens is 2. The van der Waals surface area contributed by atoms with E-state index < -0.39 is 6.61 Å². The van der Waals surface area contributed by atoms with Gasteiger partial charge in [-0.05, 0) is 6.92 Å². The maximum atomic E-state index is 12.2. The summed E-state index contributed by atoms with van der Waals surface area (Å²) in [6.45, 7) is 0.623. The number of rotatable bonds is 6. The van der Waals surface area contributed by atoms with Gasteiger partial charge in [-0.25, -0.2) is 14.6 Å². The highest BCUT2D eigenvalue weighted by Gasteiger charge is 2.25. The van der Waals surface area contributed by atoms with Crippen LogP contribution in [0.1, 0.15) is 13.0 Å². The molecule has 1 saturated heterocycles. The second-order valence-electron chi connectivity index (χ2n) is 5.90. The van der Waals surface area contributed by atoms with Crippen molar-refractivity contribution < 1.29 is 23.0 Å². The normalized spacial score (nSPS) is 18.7. The molecule has 0 aromatic carbocycles. The first-order valence-corrected chi connectivity index (χ1v) is 8.27. The van der Waals surface area contributed by atoms with Gasteiger partial charge in [0.25, 0.3) is 0 Å². The summed E-state index contributed by atoms with van der Waals surface area (Å²) in [4.78, 5) is 8.83. The summed E-state index contributed by atoms with van der Waals surface area (Å²) in [5.41, 5.74) is 1.18. The van der Waals surface area contributed by atoms with E-state index in [0.717, 1.165) is 0 Å². The number of hydrogen-bond acceptors (Lipinski definition) is 8. The molecule has 12 heteroatoms. The van der Waals surface area contributed by atoms with Crippen molar-refractivity contribution in [1.29, 1.82) is 0 Å². The number of H-pyrrole nitrogens is 1. The molecule has 0 spiro atoms. The highest BCUT2D eigenvalue weighted by molar-refractivity contribution is 5.72. The molecule has 3 aromatic rings. The monoisotopic (exact) mass is 381 g/mol. The van der Waals surface area contributed by atoms with Gasteiger partial charge in [0, 0.05) is 6.07 Å². The molecule has 0 radical (unpaired) electrons. The molecule has 1 aliphatic rings. The quantitative estimate of drug-likeness (QED) is 0.666. The Morgan fingerprint density at radius 2 is 2.26 bits per heavy atom. The minimum Gasteiger partial charge on any atom is -0.415 e. The number of anilines is 2. The van der Waals surface area contributed by atoms with Gasteiger partial charge in [-0.3, -0.25) is 5.10 Å². The van der Waals surface area contributed by atoms with E-state index >= 15 is 0 Å². The molecule has 1 aliphatic heterocycles. The van der Waals surface area contributed by atoms with Gasteiger partial charge in [0.2, 0.25) is 5.88 Å². The third-order valence-electron chi connectivity index (χ3n) is 4.10. The third kappa shape index (κ3) is 3.80. The van der Waals surface area contributed by atoms with E-state index in [4.69, 9.17) is 9.47 Å². The van der Waals surface area contributed by atoms with Crippen molar-refractivity contribution in [2.24, 2.45) is 0 Å². The summed E-state index contributed by atoms with van der Waals surface area (Å²) in [7, 11) is 0. The first kappa shape index (κ1) is 17.5. The summed E-state index contributed by atoms with van der Waals surface area (Å²) >= 11 is 0. The van der Waals surface area contributed by atoms with Gasteiger partial charge in [0.05, 0.1) is 38.3 Å². The molecule has 0 saturated carbocycles. The van der Waals surface area contributed by atoms with E-state index in [-0.39, 0.29) is 18.0 Å². The van der Waals surface area contributed by atoms with Crippen LogP contribution in [0.3, 0.4) is 0 Å². The van der Waals surface area contributed by atoms with Crippen molar-refractivity contribution in [3.63, 3.8) is 0 Å². The Bertz CT molecular complexity index is 910. The van der Waals surface area contributed by atoms with Crippen LogP contribution in [0.5, 0.6) is 5.88 Å². The Labute approximate surface area is 151 Å². The van der Waals surface area contributed by atoms with Crippen molar-refractivity contribution in [2.45, 2.75) is 25.7 Å². The number of nitrogens with zero attached hydrogens (tertiary/aromatic N) is 5. The van der Waals surface area contributed by atoms with Crippen LogP contribution in [-0.4, -0.2) is 62.5 Å². The van der Waals surface area contributed by atoms with Gasteiger partial charge < -0.3 is 19.5 Å². The van der Waals surface area contributed by atoms with Crippen molar-refractivity contribution in [3.05, 3.63) is 18.5 Å². The molecular formula is C15H17F2N7O3. The van der Waals surface area contributed by atoms with Crippen molar-refractivity contribution in [3.8, 4) is 5.88 Å². The Balaban J connectivity index is 1.55. The Morgan fingerprint density at radius 3 is 3.04 bits per heavy atom. The molecule has 0 amide bonds. The van der Waals surface area contributed by atoms with Crippen LogP contribution in [0.2, 0.25) is 0 Å². The Morgan fingerprint density at radius 1 is 1.37 bits per heavy atom. The largest absolute Gasteiger partial charge is 0.415 e. The Kier molecular flexibility index (Phi) is 4.81. The van der Waals surface area contributed by atoms with Gasteiger partial charge >= 0.3 is 6.61 Å². The number of aromatic amines is 1. The minimum absolute atomic E-state index is 0.106. The predicted octanol–water partition coefficient (Wildman–Crippen LogP) is 1.87. The summed E-state index contributed by atoms with van der Waals surface area (Å²) < 4.78 is 41.6. The van der Waals surface area contributed by atoms with E-state index in [9.17, 15) is 8.78 Å². The molecule has 27 heavy (non-hydrogen) atoms. The lowest BCUT2D eigenvalue weighted by Gasteiger charge is -2.28. The minimum atomic E-state index is -2.95. The zero-order valence-electron chi connectivity index (χ0n) is 14.3. The number of aromatic nitrogens is 6. The summed E-state index contributed by atoms with van der Waals surface area (Å²) in [6, 6.07) is 1.19. The number of alkyl halides is 2. The van der Waals surface area contributed by atoms with Crippen LogP contribution in [0.15, 0.2) is 18.5 Å². The standard InChI is InChI=1S/C15H17F2N7O3/c1-8(10-7-25-2-3-26-10)24-14-9(5-19-24)18-6-12(21-14)20-11-4-13(23-22-11)27-15(16)17/h4-6,8,10,15H,2-3,7H2,1H3,(H2,20,21,22,23)/t8-,10-/m1/s1. The first-order valence-electron chi connectivity index (χ1n) is 8.27. The van der Waals surface area contributed by atoms with E-state index in [0.29, 0.717) is 42.6 Å². The smallest absolute Gasteiger partial charge is 0.388 e. The maximum Gasteiger partial charge on any atom is 0.388 e. The number of ether oxygens (including phenoxy) is 3. The van der Waals surface area contributed by atoms with Crippen LogP contribution >= 0.6 is 0 Å². The lowest BCUT2D eigenvalue weighted by Crippen LogP contribution is -2.35. The lowest BCUT2D eigenvalue weighted by atomic mass is 10.2. The molecular weight excluding hydrogens is 364 g/mol. The predicted molar refractivity (Wildman–Crippen MR) is 89.1 cm³/mol. The Hall–Kier alpha value is -2.86. The van der Waals surface area contributed by atoms with Crippen LogP contribution in [0.4, 0.5) is 20.4 Å². The fraction of sp³-hybridized carbons (Fsp3) is 0.467. The van der Waals surface area contributed by atoms with Gasteiger partial charge in [-0.2, -0.15) is 13.9 Å². The SMILES string of the molecule is C[C@H]([C@H]1COCCO1)n1ncc2ncc(Nc3cc(OC(F)F)n[nH]3)nc21. The molecule has 2 N–H and O–H groups in total. The molecule has 0 aliphatic carbocycles. The second kappa shape index (κ2) is 7.40. The zero-order chi connectivity index (χ0) is 18.8. The highest BCUT2D eigenvalue weighted by atomic mass is 19.3. The average molecular weight is 381 g/mol. The summed E-state index contributed by atoms with van der Waals surface area (Å²) in [6.07, 6.45) is 2.99. The molecule has 10 nitrogen and oxygen atoms in total. The number of hydrogen-bond donors (Lipinski definition) is 2. The van der Waals surface area contributed by atoms with Crippen LogP contribution in [0.25, 0.3) is 11.2 Å². The van der Waals surface area contributed by atoms with Crippen LogP contribution in [0, 0.1) is 0 Å². The zero-order valence-corrected chi connectivity index (χ0v) is 14.3. The fourth-order valence-corrected chi connectivity index (χ4v) is 2.78. The van der Waals surface area contributed by atoms with Gasteiger partial charge in [0.15, 0.2) is 11.5 Å². The average Bonchev–Trinajstić information content (AvgIpc) is 3.28. The van der Waals surface area contributed by atoms with E-state index in [1.54, 1.807) is 10.9 Å². The molecule has 0 bridgehead atoms. The molecule has 0 unspecified atom stereocenters. The molecule has 1 fully saturated rings. The van der Waals surface area contributed by atoms with Gasteiger partial charge in [-0.15, -0.1) is 5.10 Å². The van der Waals surface area contributed by atoms with E-state index in [2.05, 4.69) is 35.3 Å². The second-order valence-corrected chi connectivity index (χ2v) is 5.90. The molecule has 4 heterocycles. The van der Waals surface area contributed by atoms with Crippen molar-refractivity contribution in [1.82, 2.24) is 29.9 Å². The third-order valence-corrected chi connectivity index (χ3v) is 4.10. The molecule has 4 rings (SSSR count). The number of nitrogens with one attached hydrogen (secondary N) is 2. The van der Waals surface area contributed by atoms with Gasteiger partial charge in [0.1, 0.15) is 17.4 Å². The van der Waals surface area contributed by atoms with Gasteiger partial charge in [-0.1, -0.05) is 0 Å². The van der Waals surface area contributed by atoms with E-state index in [1.165, 1.54) is 12.3 Å². The first-order chi connectivity index (χ1) is 13.1. The molecule has 144 valence electrons. The van der Waals surface area contributed by atoms with Crippen molar-refractivity contribution >= 4 is 22.8 Å². The number of fused-ring (bicyclic) bond motifs is 1. The molecule has 3 aromatic heterocycles.